The molecule has 0 aromatic carbocycles. The summed E-state index contributed by atoms with van der Waals surface area (Å²) in [6, 6.07) is -0.575. The van der Waals surface area contributed by atoms with Crippen LogP contribution in [0.2, 0.25) is 0 Å². The van der Waals surface area contributed by atoms with Gasteiger partial charge in [-0.2, -0.15) is 0 Å². The fourth-order valence-electron chi connectivity index (χ4n) is 0.646. The van der Waals surface area contributed by atoms with Gasteiger partial charge in [-0.25, -0.2) is 13.6 Å². The van der Waals surface area contributed by atoms with Gasteiger partial charge in [-0.3, -0.25) is 4.79 Å². The van der Waals surface area contributed by atoms with Gasteiger partial charge in [0.15, 0.2) is 0 Å². The summed E-state index contributed by atoms with van der Waals surface area (Å²) < 4.78 is 20.9. The zero-order valence-electron chi connectivity index (χ0n) is 7.49. The first-order valence-corrected chi connectivity index (χ1v) is 5.58. The molecular weight excluding hydrogens is 194 g/mol. The van der Waals surface area contributed by atoms with Crippen molar-refractivity contribution in [3.63, 3.8) is 0 Å². The molecule has 0 bridgehead atoms. The highest BCUT2D eigenvalue weighted by Crippen LogP contribution is 1.84. The molecule has 0 aliphatic rings. The number of hydrogen-bond donors (Lipinski definition) is 3. The van der Waals surface area contributed by atoms with E-state index in [0.29, 0.717) is 6.42 Å². The number of nitrogens with one attached hydrogen (secondary N) is 1. The first-order valence-electron chi connectivity index (χ1n) is 3.86. The van der Waals surface area contributed by atoms with Gasteiger partial charge in [0.05, 0.1) is 11.8 Å². The Balaban J connectivity index is 3.53. The number of amides is 1. The second-order valence-corrected chi connectivity index (χ2v) is 4.53. The van der Waals surface area contributed by atoms with E-state index in [1.807, 2.05) is 0 Å². The lowest BCUT2D eigenvalue weighted by Crippen LogP contribution is -2.39. The van der Waals surface area contributed by atoms with E-state index >= 15 is 0 Å². The standard InChI is InChI=1S/C6H15N3O3S/c1-5(7)6(10)9-3-2-4-13(8,11)12/h5H,2-4,7H2,1H3,(H,9,10)(H2,8,11,12). The summed E-state index contributed by atoms with van der Waals surface area (Å²) in [7, 11) is -3.42. The molecule has 0 spiro atoms. The Labute approximate surface area is 77.7 Å². The lowest BCUT2D eigenvalue weighted by Gasteiger charge is -2.06. The highest BCUT2D eigenvalue weighted by atomic mass is 32.2. The predicted octanol–water partition coefficient (Wildman–Crippen LogP) is -1.87. The molecule has 0 radical (unpaired) electrons. The lowest BCUT2D eigenvalue weighted by atomic mass is 10.3. The van der Waals surface area contributed by atoms with Crippen LogP contribution in [0.5, 0.6) is 0 Å². The molecule has 78 valence electrons. The Bertz CT molecular complexity index is 260. The van der Waals surface area contributed by atoms with E-state index in [9.17, 15) is 13.2 Å². The molecule has 0 aliphatic carbocycles. The van der Waals surface area contributed by atoms with Gasteiger partial charge in [-0.1, -0.05) is 0 Å². The second kappa shape index (κ2) is 5.15. The molecule has 0 saturated heterocycles. The Hall–Kier alpha value is -0.660. The van der Waals surface area contributed by atoms with Crippen LogP contribution in [0, 0.1) is 0 Å². The Kier molecular flexibility index (Phi) is 4.89. The lowest BCUT2D eigenvalue weighted by molar-refractivity contribution is -0.121. The molecule has 0 aliphatic heterocycles. The molecule has 1 atom stereocenters. The summed E-state index contributed by atoms with van der Waals surface area (Å²) >= 11 is 0. The van der Waals surface area contributed by atoms with Crippen molar-refractivity contribution in [2.45, 2.75) is 19.4 Å². The third kappa shape index (κ3) is 7.69. The third-order valence-corrected chi connectivity index (χ3v) is 2.18. The van der Waals surface area contributed by atoms with E-state index in [0.717, 1.165) is 0 Å². The number of carbonyl (C=O) groups is 1. The first kappa shape index (κ1) is 12.3. The zero-order chi connectivity index (χ0) is 10.5. The molecule has 1 unspecified atom stereocenters. The van der Waals surface area contributed by atoms with Crippen molar-refractivity contribution in [1.82, 2.24) is 5.32 Å². The molecule has 1 amide bonds. The first-order chi connectivity index (χ1) is 5.83. The molecular formula is C6H15N3O3S. The maximum atomic E-state index is 10.9. The van der Waals surface area contributed by atoms with Crippen molar-refractivity contribution in [3.05, 3.63) is 0 Å². The van der Waals surface area contributed by atoms with Crippen LogP contribution in [0.25, 0.3) is 0 Å². The molecule has 0 aromatic rings. The van der Waals surface area contributed by atoms with Gasteiger partial charge in [0, 0.05) is 6.54 Å². The maximum Gasteiger partial charge on any atom is 0.236 e. The van der Waals surface area contributed by atoms with Crippen LogP contribution >= 0.6 is 0 Å². The summed E-state index contributed by atoms with van der Waals surface area (Å²) in [6.07, 6.45) is 0.303. The summed E-state index contributed by atoms with van der Waals surface area (Å²) in [5, 5.41) is 7.22. The van der Waals surface area contributed by atoms with Crippen LogP contribution in [-0.2, 0) is 14.8 Å². The summed E-state index contributed by atoms with van der Waals surface area (Å²) in [4.78, 5) is 10.9. The normalized spacial score (nSPS) is 13.8. The van der Waals surface area contributed by atoms with E-state index in [1.165, 1.54) is 0 Å². The zero-order valence-corrected chi connectivity index (χ0v) is 8.30. The number of hydrogen-bond acceptors (Lipinski definition) is 4. The Morgan fingerprint density at radius 2 is 2.08 bits per heavy atom. The van der Waals surface area contributed by atoms with Gasteiger partial charge >= 0.3 is 0 Å². The van der Waals surface area contributed by atoms with Gasteiger partial charge in [-0.15, -0.1) is 0 Å². The number of primary sulfonamides is 1. The van der Waals surface area contributed by atoms with Crippen molar-refractivity contribution in [3.8, 4) is 0 Å². The number of rotatable bonds is 5. The third-order valence-electron chi connectivity index (χ3n) is 1.32. The van der Waals surface area contributed by atoms with Crippen LogP contribution in [0.15, 0.2) is 0 Å². The SMILES string of the molecule is CC(N)C(=O)NCCCS(N)(=O)=O. The van der Waals surface area contributed by atoms with E-state index in [1.54, 1.807) is 6.92 Å². The van der Waals surface area contributed by atoms with E-state index in [2.05, 4.69) is 5.32 Å². The molecule has 7 heteroatoms. The van der Waals surface area contributed by atoms with Gasteiger partial charge in [-0.05, 0) is 13.3 Å². The monoisotopic (exact) mass is 209 g/mol. The second-order valence-electron chi connectivity index (χ2n) is 2.80. The van der Waals surface area contributed by atoms with E-state index in [-0.39, 0.29) is 18.2 Å². The largest absolute Gasteiger partial charge is 0.355 e. The number of nitrogens with two attached hydrogens (primary N) is 2. The minimum Gasteiger partial charge on any atom is -0.355 e. The fraction of sp³-hybridized carbons (Fsp3) is 0.833. The topological polar surface area (TPSA) is 115 Å². The van der Waals surface area contributed by atoms with Crippen LogP contribution < -0.4 is 16.2 Å². The maximum absolute atomic E-state index is 10.9. The summed E-state index contributed by atoms with van der Waals surface area (Å²) in [5.41, 5.74) is 5.25. The molecule has 13 heavy (non-hydrogen) atoms. The number of carbonyl (C=O) groups excluding carboxylic acids is 1. The summed E-state index contributed by atoms with van der Waals surface area (Å²) in [6.45, 7) is 1.83. The number of sulfonamides is 1. The van der Waals surface area contributed by atoms with Crippen LogP contribution in [0.4, 0.5) is 0 Å². The Morgan fingerprint density at radius 3 is 2.46 bits per heavy atom. The molecule has 0 heterocycles. The predicted molar refractivity (Wildman–Crippen MR) is 49.3 cm³/mol. The van der Waals surface area contributed by atoms with Gasteiger partial charge < -0.3 is 11.1 Å². The Morgan fingerprint density at radius 1 is 1.54 bits per heavy atom. The van der Waals surface area contributed by atoms with Gasteiger partial charge in [0.25, 0.3) is 0 Å². The summed E-state index contributed by atoms with van der Waals surface area (Å²) in [5.74, 6) is -0.430. The molecule has 0 fully saturated rings. The van der Waals surface area contributed by atoms with Crippen molar-refractivity contribution in [1.29, 1.82) is 0 Å². The van der Waals surface area contributed by atoms with Crippen molar-refractivity contribution in [2.75, 3.05) is 12.3 Å². The van der Waals surface area contributed by atoms with Gasteiger partial charge in [0.1, 0.15) is 0 Å². The molecule has 0 aromatic heterocycles. The average molecular weight is 209 g/mol. The minimum atomic E-state index is -3.42. The van der Waals surface area contributed by atoms with Crippen molar-refractivity contribution in [2.24, 2.45) is 10.9 Å². The average Bonchev–Trinajstić information content (AvgIpc) is 1.95. The fourth-order valence-corrected chi connectivity index (χ4v) is 1.19. The highest BCUT2D eigenvalue weighted by molar-refractivity contribution is 7.89. The highest BCUT2D eigenvalue weighted by Gasteiger charge is 2.06. The van der Waals surface area contributed by atoms with E-state index in [4.69, 9.17) is 10.9 Å². The van der Waals surface area contributed by atoms with Gasteiger partial charge in [0.2, 0.25) is 15.9 Å². The minimum absolute atomic E-state index is 0.133. The molecule has 5 N–H and O–H groups in total. The molecule has 0 saturated carbocycles. The quantitative estimate of drug-likeness (QED) is 0.460. The van der Waals surface area contributed by atoms with Crippen molar-refractivity contribution < 1.29 is 13.2 Å². The van der Waals surface area contributed by atoms with Crippen LogP contribution in [-0.4, -0.2) is 32.7 Å². The van der Waals surface area contributed by atoms with E-state index < -0.39 is 16.1 Å². The van der Waals surface area contributed by atoms with Crippen molar-refractivity contribution >= 4 is 15.9 Å². The van der Waals surface area contributed by atoms with Crippen LogP contribution in [0.1, 0.15) is 13.3 Å². The molecule has 6 nitrogen and oxygen atoms in total. The van der Waals surface area contributed by atoms with Crippen LogP contribution in [0.3, 0.4) is 0 Å². The smallest absolute Gasteiger partial charge is 0.236 e. The molecule has 0 rings (SSSR count).